The van der Waals surface area contributed by atoms with E-state index >= 15 is 0 Å². The Bertz CT molecular complexity index is 96.6. The van der Waals surface area contributed by atoms with E-state index < -0.39 is 0 Å². The predicted octanol–water partition coefficient (Wildman–Crippen LogP) is 0.357. The van der Waals surface area contributed by atoms with Crippen molar-refractivity contribution in [3.8, 4) is 0 Å². The minimum Gasteiger partial charge on any atom is -0.380 e. The Morgan fingerprint density at radius 3 is 2.88 bits per heavy atom. The lowest BCUT2D eigenvalue weighted by atomic mass is 10.4. The van der Waals surface area contributed by atoms with Crippen LogP contribution >= 0.6 is 0 Å². The van der Waals surface area contributed by atoms with Crippen LogP contribution in [0.2, 0.25) is 0 Å². The van der Waals surface area contributed by atoms with Gasteiger partial charge in [-0.25, -0.2) is 9.79 Å². The number of hydrogen-bond acceptors (Lipinski definition) is 3. The smallest absolute Gasteiger partial charge is 0.235 e. The van der Waals surface area contributed by atoms with Gasteiger partial charge in [0.05, 0.1) is 12.6 Å². The Morgan fingerprint density at radius 2 is 2.50 bits per heavy atom. The largest absolute Gasteiger partial charge is 0.380 e. The van der Waals surface area contributed by atoms with E-state index in [1.165, 1.54) is 6.08 Å². The van der Waals surface area contributed by atoms with Gasteiger partial charge in [-0.05, 0) is 6.92 Å². The van der Waals surface area contributed by atoms with E-state index in [9.17, 15) is 4.79 Å². The lowest BCUT2D eigenvalue weighted by molar-refractivity contribution is 0.125. The molecule has 0 fully saturated rings. The highest BCUT2D eigenvalue weighted by molar-refractivity contribution is 5.32. The highest BCUT2D eigenvalue weighted by Gasteiger charge is 1.93. The standard InChI is InChI=1S/C5H9NO2/c1-5(8-2)3-6-4-7/h5H,3H2,1-2H3. The number of rotatable bonds is 3. The lowest BCUT2D eigenvalue weighted by Gasteiger charge is -2.01. The van der Waals surface area contributed by atoms with Crippen LogP contribution in [0.1, 0.15) is 6.92 Å². The van der Waals surface area contributed by atoms with Crippen LogP contribution in [-0.4, -0.2) is 25.8 Å². The lowest BCUT2D eigenvalue weighted by Crippen LogP contribution is -2.07. The third-order valence-electron chi connectivity index (χ3n) is 0.815. The predicted molar refractivity (Wildman–Crippen MR) is 29.5 cm³/mol. The van der Waals surface area contributed by atoms with Crippen LogP contribution in [0.25, 0.3) is 0 Å². The molecule has 0 bridgehead atoms. The maximum atomic E-state index is 9.48. The quantitative estimate of drug-likeness (QED) is 0.393. The zero-order valence-electron chi connectivity index (χ0n) is 5.05. The summed E-state index contributed by atoms with van der Waals surface area (Å²) in [5.74, 6) is 0. The Kier molecular flexibility index (Phi) is 4.13. The van der Waals surface area contributed by atoms with Gasteiger partial charge >= 0.3 is 0 Å². The van der Waals surface area contributed by atoms with E-state index in [-0.39, 0.29) is 6.10 Å². The summed E-state index contributed by atoms with van der Waals surface area (Å²) in [5, 5.41) is 0. The molecule has 0 saturated heterocycles. The fourth-order valence-corrected chi connectivity index (χ4v) is 0.240. The van der Waals surface area contributed by atoms with Crippen LogP contribution in [-0.2, 0) is 9.53 Å². The third kappa shape index (κ3) is 3.53. The molecule has 0 aliphatic rings. The molecule has 0 aliphatic heterocycles. The number of aliphatic imine (C=N–C) groups is 1. The van der Waals surface area contributed by atoms with Gasteiger partial charge in [0.2, 0.25) is 6.08 Å². The molecule has 0 radical (unpaired) electrons. The van der Waals surface area contributed by atoms with E-state index in [0.29, 0.717) is 6.54 Å². The third-order valence-corrected chi connectivity index (χ3v) is 0.815. The number of hydrogen-bond donors (Lipinski definition) is 0. The Balaban J connectivity index is 3.23. The second-order valence-corrected chi connectivity index (χ2v) is 1.48. The Morgan fingerprint density at radius 1 is 1.88 bits per heavy atom. The number of nitrogens with zero attached hydrogens (tertiary/aromatic N) is 1. The first kappa shape index (κ1) is 7.34. The average Bonchev–Trinajstić information content (AvgIpc) is 1.83. The van der Waals surface area contributed by atoms with Crippen molar-refractivity contribution in [3.05, 3.63) is 0 Å². The monoisotopic (exact) mass is 115 g/mol. The van der Waals surface area contributed by atoms with E-state index in [1.807, 2.05) is 6.92 Å². The van der Waals surface area contributed by atoms with Crippen molar-refractivity contribution in [1.82, 2.24) is 0 Å². The molecule has 0 N–H and O–H groups in total. The van der Waals surface area contributed by atoms with Crippen molar-refractivity contribution >= 4 is 6.08 Å². The molecule has 0 aromatic heterocycles. The van der Waals surface area contributed by atoms with Crippen LogP contribution in [0.5, 0.6) is 0 Å². The molecule has 0 heterocycles. The molecule has 8 heavy (non-hydrogen) atoms. The molecule has 0 amide bonds. The van der Waals surface area contributed by atoms with Crippen molar-refractivity contribution in [3.63, 3.8) is 0 Å². The number of ether oxygens (including phenoxy) is 1. The van der Waals surface area contributed by atoms with Crippen LogP contribution in [0.15, 0.2) is 4.99 Å². The maximum Gasteiger partial charge on any atom is 0.235 e. The SMILES string of the molecule is COC(C)CN=C=O. The van der Waals surface area contributed by atoms with Crippen molar-refractivity contribution in [1.29, 1.82) is 0 Å². The van der Waals surface area contributed by atoms with Gasteiger partial charge in [0.25, 0.3) is 0 Å². The summed E-state index contributed by atoms with van der Waals surface area (Å²) in [5.41, 5.74) is 0. The van der Waals surface area contributed by atoms with Gasteiger partial charge in [0.1, 0.15) is 0 Å². The molecule has 3 nitrogen and oxygen atoms in total. The van der Waals surface area contributed by atoms with E-state index in [4.69, 9.17) is 4.74 Å². The summed E-state index contributed by atoms with van der Waals surface area (Å²) in [6.07, 6.45) is 1.45. The molecule has 46 valence electrons. The van der Waals surface area contributed by atoms with Crippen LogP contribution in [0, 0.1) is 0 Å². The molecule has 0 rings (SSSR count). The van der Waals surface area contributed by atoms with Crippen LogP contribution < -0.4 is 0 Å². The van der Waals surface area contributed by atoms with Crippen molar-refractivity contribution in [2.24, 2.45) is 4.99 Å². The summed E-state index contributed by atoms with van der Waals surface area (Å²) >= 11 is 0. The minimum atomic E-state index is 0.0245. The summed E-state index contributed by atoms with van der Waals surface area (Å²) < 4.78 is 4.78. The molecule has 3 heteroatoms. The van der Waals surface area contributed by atoms with Crippen LogP contribution in [0.4, 0.5) is 0 Å². The molecule has 1 unspecified atom stereocenters. The molecule has 0 aromatic carbocycles. The molecule has 0 aliphatic carbocycles. The number of methoxy groups -OCH3 is 1. The maximum absolute atomic E-state index is 9.48. The average molecular weight is 115 g/mol. The topological polar surface area (TPSA) is 38.7 Å². The zero-order valence-corrected chi connectivity index (χ0v) is 5.05. The summed E-state index contributed by atoms with van der Waals surface area (Å²) in [7, 11) is 1.57. The molecule has 0 saturated carbocycles. The highest BCUT2D eigenvalue weighted by Crippen LogP contribution is 1.84. The zero-order chi connectivity index (χ0) is 6.41. The van der Waals surface area contributed by atoms with Crippen molar-refractivity contribution < 1.29 is 9.53 Å². The van der Waals surface area contributed by atoms with E-state index in [0.717, 1.165) is 0 Å². The van der Waals surface area contributed by atoms with Crippen molar-refractivity contribution in [2.75, 3.05) is 13.7 Å². The van der Waals surface area contributed by atoms with E-state index in [2.05, 4.69) is 4.99 Å². The summed E-state index contributed by atoms with van der Waals surface area (Å²) in [6, 6.07) is 0. The molecular weight excluding hydrogens is 106 g/mol. The molecule has 0 aromatic rings. The normalized spacial score (nSPS) is 12.2. The second kappa shape index (κ2) is 4.50. The molecule has 0 spiro atoms. The van der Waals surface area contributed by atoms with Gasteiger partial charge < -0.3 is 4.74 Å². The first-order valence-corrected chi connectivity index (χ1v) is 2.37. The van der Waals surface area contributed by atoms with Gasteiger partial charge in [0, 0.05) is 7.11 Å². The summed E-state index contributed by atoms with van der Waals surface area (Å²) in [4.78, 5) is 12.8. The number of carbonyl (C=O) groups excluding carboxylic acids is 1. The first-order chi connectivity index (χ1) is 3.81. The molecule has 1 atom stereocenters. The van der Waals surface area contributed by atoms with Crippen molar-refractivity contribution in [2.45, 2.75) is 13.0 Å². The van der Waals surface area contributed by atoms with E-state index in [1.54, 1.807) is 7.11 Å². The summed E-state index contributed by atoms with van der Waals surface area (Å²) in [6.45, 7) is 2.24. The fourth-order valence-electron chi connectivity index (χ4n) is 0.240. The minimum absolute atomic E-state index is 0.0245. The van der Waals surface area contributed by atoms with Gasteiger partial charge in [-0.15, -0.1) is 0 Å². The second-order valence-electron chi connectivity index (χ2n) is 1.48. The van der Waals surface area contributed by atoms with Crippen LogP contribution in [0.3, 0.4) is 0 Å². The highest BCUT2D eigenvalue weighted by atomic mass is 16.5. The van der Waals surface area contributed by atoms with Gasteiger partial charge in [-0.3, -0.25) is 0 Å². The first-order valence-electron chi connectivity index (χ1n) is 2.37. The van der Waals surface area contributed by atoms with Gasteiger partial charge in [0.15, 0.2) is 0 Å². The Hall–Kier alpha value is -0.660. The molecular formula is C5H9NO2. The Labute approximate surface area is 48.4 Å². The van der Waals surface area contributed by atoms with Gasteiger partial charge in [-0.1, -0.05) is 0 Å². The van der Waals surface area contributed by atoms with Gasteiger partial charge in [-0.2, -0.15) is 0 Å². The number of isocyanates is 1. The fraction of sp³-hybridized carbons (Fsp3) is 0.800.